The number of nitrogens with one attached hydrogen (secondary N) is 1. The predicted octanol–water partition coefficient (Wildman–Crippen LogP) is 6.38. The van der Waals surface area contributed by atoms with Gasteiger partial charge in [0.15, 0.2) is 0 Å². The molecule has 1 saturated carbocycles. The van der Waals surface area contributed by atoms with Crippen LogP contribution in [0.1, 0.15) is 42.0 Å². The number of benzene rings is 3. The molecule has 4 aromatic rings. The first-order valence-corrected chi connectivity index (χ1v) is 15.2. The van der Waals surface area contributed by atoms with Crippen LogP contribution in [0.25, 0.3) is 11.1 Å². The first kappa shape index (κ1) is 27.4. The van der Waals surface area contributed by atoms with Crippen molar-refractivity contribution < 1.29 is 22.0 Å². The van der Waals surface area contributed by atoms with Gasteiger partial charge in [0.1, 0.15) is 24.4 Å². The molecule has 0 radical (unpaired) electrons. The highest BCUT2D eigenvalue weighted by Gasteiger charge is 2.45. The summed E-state index contributed by atoms with van der Waals surface area (Å²) >= 11 is 5.99. The standard InChI is InChI=1S/C30H30ClFN2O4S/c1-39(35,36)34-25-12-13-30(17-25,29-33-26(18-31)20-38-29)16-22-8-5-9-23(14-22)27-11-10-24(32)15-28(27)37-19-21-6-3-2-4-7-21/h2-11,14-15,20,25,34H,12-13,16-19H2,1H3/t25-,30+/m0/s1. The van der Waals surface area contributed by atoms with Gasteiger partial charge in [-0.05, 0) is 54.5 Å². The molecule has 1 N–H and O–H groups in total. The number of oxazole rings is 1. The van der Waals surface area contributed by atoms with E-state index in [1.54, 1.807) is 12.3 Å². The van der Waals surface area contributed by atoms with Crippen LogP contribution in [0, 0.1) is 5.82 Å². The van der Waals surface area contributed by atoms with E-state index in [4.69, 9.17) is 20.8 Å². The van der Waals surface area contributed by atoms with Crippen molar-refractivity contribution in [2.75, 3.05) is 6.26 Å². The van der Waals surface area contributed by atoms with Crippen LogP contribution in [-0.2, 0) is 34.3 Å². The highest BCUT2D eigenvalue weighted by molar-refractivity contribution is 7.88. The van der Waals surface area contributed by atoms with Crippen LogP contribution in [0.2, 0.25) is 0 Å². The Morgan fingerprint density at radius 2 is 1.90 bits per heavy atom. The molecule has 3 aromatic carbocycles. The van der Waals surface area contributed by atoms with E-state index in [0.717, 1.165) is 22.3 Å². The van der Waals surface area contributed by atoms with Crippen molar-refractivity contribution in [1.82, 2.24) is 9.71 Å². The lowest BCUT2D eigenvalue weighted by atomic mass is 9.79. The summed E-state index contributed by atoms with van der Waals surface area (Å²) in [6.45, 7) is 0.321. The molecule has 0 saturated heterocycles. The molecule has 0 aliphatic heterocycles. The summed E-state index contributed by atoms with van der Waals surface area (Å²) in [6.07, 6.45) is 5.25. The molecule has 9 heteroatoms. The van der Waals surface area contributed by atoms with E-state index in [9.17, 15) is 12.8 Å². The SMILES string of the molecule is CS(=O)(=O)N[C@H]1CC[C@](Cc2cccc(-c3ccc(F)cc3OCc3ccccc3)c2)(c2nc(CCl)co2)C1. The Hall–Kier alpha value is -3.20. The molecular weight excluding hydrogens is 539 g/mol. The Kier molecular flexibility index (Phi) is 8.07. The van der Waals surface area contributed by atoms with Gasteiger partial charge in [-0.1, -0.05) is 54.6 Å². The molecule has 1 aliphatic rings. The molecular formula is C30H30ClFN2O4S. The first-order valence-electron chi connectivity index (χ1n) is 12.8. The second kappa shape index (κ2) is 11.5. The topological polar surface area (TPSA) is 81.4 Å². The van der Waals surface area contributed by atoms with Gasteiger partial charge < -0.3 is 9.15 Å². The number of sulfonamides is 1. The lowest BCUT2D eigenvalue weighted by molar-refractivity contribution is 0.306. The van der Waals surface area contributed by atoms with Crippen LogP contribution >= 0.6 is 11.6 Å². The third-order valence-electron chi connectivity index (χ3n) is 7.09. The summed E-state index contributed by atoms with van der Waals surface area (Å²) in [5.41, 5.74) is 3.84. The minimum atomic E-state index is -3.36. The third kappa shape index (κ3) is 6.69. The van der Waals surface area contributed by atoms with Crippen LogP contribution in [0.5, 0.6) is 5.75 Å². The average molecular weight is 569 g/mol. The van der Waals surface area contributed by atoms with E-state index in [1.165, 1.54) is 18.4 Å². The third-order valence-corrected chi connectivity index (χ3v) is 8.13. The van der Waals surface area contributed by atoms with E-state index < -0.39 is 15.4 Å². The number of alkyl halides is 1. The fraction of sp³-hybridized carbons (Fsp3) is 0.300. The number of rotatable bonds is 10. The Morgan fingerprint density at radius 3 is 2.64 bits per heavy atom. The number of ether oxygens (including phenoxy) is 1. The van der Waals surface area contributed by atoms with Crippen molar-refractivity contribution in [1.29, 1.82) is 0 Å². The summed E-state index contributed by atoms with van der Waals surface area (Å²) in [5, 5.41) is 0. The van der Waals surface area contributed by atoms with Crippen LogP contribution < -0.4 is 9.46 Å². The zero-order chi connectivity index (χ0) is 27.5. The highest BCUT2D eigenvalue weighted by atomic mass is 35.5. The monoisotopic (exact) mass is 568 g/mol. The fourth-order valence-electron chi connectivity index (χ4n) is 5.40. The summed E-state index contributed by atoms with van der Waals surface area (Å²) in [6, 6.07) is 22.1. The molecule has 2 atom stereocenters. The van der Waals surface area contributed by atoms with Crippen LogP contribution in [0.15, 0.2) is 83.5 Å². The molecule has 0 spiro atoms. The van der Waals surface area contributed by atoms with E-state index in [1.807, 2.05) is 48.5 Å². The molecule has 0 bridgehead atoms. The molecule has 1 heterocycles. The minimum absolute atomic E-state index is 0.218. The van der Waals surface area contributed by atoms with Crippen LogP contribution in [-0.4, -0.2) is 25.7 Å². The Balaban J connectivity index is 1.44. The molecule has 5 rings (SSSR count). The maximum atomic E-state index is 14.2. The van der Waals surface area contributed by atoms with Crippen LogP contribution in [0.3, 0.4) is 0 Å². The van der Waals surface area contributed by atoms with E-state index >= 15 is 0 Å². The molecule has 204 valence electrons. The first-order chi connectivity index (χ1) is 18.7. The largest absolute Gasteiger partial charge is 0.488 e. The van der Waals surface area contributed by atoms with Crippen molar-refractivity contribution in [3.8, 4) is 16.9 Å². The number of nitrogens with zero attached hydrogens (tertiary/aromatic N) is 1. The molecule has 6 nitrogen and oxygen atoms in total. The molecule has 0 unspecified atom stereocenters. The maximum absolute atomic E-state index is 14.2. The molecule has 1 fully saturated rings. The zero-order valence-electron chi connectivity index (χ0n) is 21.6. The summed E-state index contributed by atoms with van der Waals surface area (Å²) in [5.74, 6) is 0.890. The van der Waals surface area contributed by atoms with Gasteiger partial charge in [-0.15, -0.1) is 11.6 Å². The summed E-state index contributed by atoms with van der Waals surface area (Å²) < 4.78 is 52.8. The van der Waals surface area contributed by atoms with Gasteiger partial charge in [-0.3, -0.25) is 0 Å². The second-order valence-corrected chi connectivity index (χ2v) is 12.2. The Bertz CT molecular complexity index is 1540. The van der Waals surface area contributed by atoms with E-state index in [2.05, 4.69) is 15.8 Å². The van der Waals surface area contributed by atoms with Gasteiger partial charge in [-0.2, -0.15) is 0 Å². The van der Waals surface area contributed by atoms with Gasteiger partial charge >= 0.3 is 0 Å². The molecule has 1 aliphatic carbocycles. The molecule has 39 heavy (non-hydrogen) atoms. The molecule has 0 amide bonds. The van der Waals surface area contributed by atoms with Gasteiger partial charge in [-0.25, -0.2) is 22.5 Å². The van der Waals surface area contributed by atoms with Gasteiger partial charge in [0.05, 0.1) is 23.2 Å². The number of hydrogen-bond acceptors (Lipinski definition) is 5. The summed E-state index contributed by atoms with van der Waals surface area (Å²) in [4.78, 5) is 4.63. The van der Waals surface area contributed by atoms with E-state index in [-0.39, 0.29) is 17.7 Å². The van der Waals surface area contributed by atoms with Gasteiger partial charge in [0, 0.05) is 17.7 Å². The number of halogens is 2. The lowest BCUT2D eigenvalue weighted by Gasteiger charge is -2.26. The quantitative estimate of drug-likeness (QED) is 0.224. The highest BCUT2D eigenvalue weighted by Crippen LogP contribution is 2.44. The average Bonchev–Trinajstić information content (AvgIpc) is 3.55. The Labute approximate surface area is 233 Å². The van der Waals surface area contributed by atoms with E-state index in [0.29, 0.717) is 49.6 Å². The van der Waals surface area contributed by atoms with Gasteiger partial charge in [0.2, 0.25) is 15.9 Å². The lowest BCUT2D eigenvalue weighted by Crippen LogP contribution is -2.35. The van der Waals surface area contributed by atoms with Crippen molar-refractivity contribution in [2.45, 2.75) is 49.6 Å². The van der Waals surface area contributed by atoms with Crippen molar-refractivity contribution >= 4 is 21.6 Å². The Morgan fingerprint density at radius 1 is 1.10 bits per heavy atom. The van der Waals surface area contributed by atoms with Crippen molar-refractivity contribution in [3.63, 3.8) is 0 Å². The predicted molar refractivity (Wildman–Crippen MR) is 150 cm³/mol. The van der Waals surface area contributed by atoms with Gasteiger partial charge in [0.25, 0.3) is 0 Å². The minimum Gasteiger partial charge on any atom is -0.488 e. The zero-order valence-corrected chi connectivity index (χ0v) is 23.1. The number of aromatic nitrogens is 1. The smallest absolute Gasteiger partial charge is 0.208 e. The fourth-order valence-corrected chi connectivity index (χ4v) is 6.33. The van der Waals surface area contributed by atoms with Crippen LogP contribution in [0.4, 0.5) is 4.39 Å². The van der Waals surface area contributed by atoms with Crippen molar-refractivity contribution in [2.24, 2.45) is 0 Å². The van der Waals surface area contributed by atoms with Crippen molar-refractivity contribution in [3.05, 3.63) is 108 Å². The summed E-state index contributed by atoms with van der Waals surface area (Å²) in [7, 11) is -3.36. The normalized spacial score (nSPS) is 19.3. The maximum Gasteiger partial charge on any atom is 0.208 e. The molecule has 1 aromatic heterocycles. The second-order valence-electron chi connectivity index (χ2n) is 10.2. The number of hydrogen-bond donors (Lipinski definition) is 1.